The van der Waals surface area contributed by atoms with Gasteiger partial charge in [0.25, 0.3) is 0 Å². The van der Waals surface area contributed by atoms with E-state index in [-0.39, 0.29) is 11.9 Å². The predicted octanol–water partition coefficient (Wildman–Crippen LogP) is 3.61. The molecule has 162 valence electrons. The van der Waals surface area contributed by atoms with Crippen LogP contribution in [-0.4, -0.2) is 40.6 Å². The molecule has 1 aromatic heterocycles. The van der Waals surface area contributed by atoms with Crippen LogP contribution in [0.4, 0.5) is 5.95 Å². The van der Waals surface area contributed by atoms with Gasteiger partial charge in [0.1, 0.15) is 11.3 Å². The zero-order valence-corrected chi connectivity index (χ0v) is 18.8. The molecule has 1 amide bonds. The molecule has 2 atom stereocenters. The largest absolute Gasteiger partial charge is 0.492 e. The van der Waals surface area contributed by atoms with Gasteiger partial charge < -0.3 is 15.4 Å². The molecule has 7 nitrogen and oxygen atoms in total. The van der Waals surface area contributed by atoms with Gasteiger partial charge in [0.05, 0.1) is 12.3 Å². The summed E-state index contributed by atoms with van der Waals surface area (Å²) in [4.78, 5) is 22.7. The summed E-state index contributed by atoms with van der Waals surface area (Å²) in [5.41, 5.74) is 2.84. The zero-order valence-electron chi connectivity index (χ0n) is 17.9. The molecule has 1 aliphatic heterocycles. The molecule has 1 saturated heterocycles. The molecular weight excluding hydrogens is 410 g/mol. The normalized spacial score (nSPS) is 18.6. The van der Waals surface area contributed by atoms with Crippen LogP contribution in [-0.2, 0) is 4.79 Å². The third kappa shape index (κ3) is 5.26. The Morgan fingerprint density at radius 3 is 2.74 bits per heavy atom. The molecule has 0 aliphatic carbocycles. The smallest absolute Gasteiger partial charge is 0.226 e. The van der Waals surface area contributed by atoms with Gasteiger partial charge in [-0.3, -0.25) is 10.1 Å². The molecule has 0 bridgehead atoms. The molecule has 3 N–H and O–H groups in total. The fourth-order valence-corrected chi connectivity index (χ4v) is 4.48. The first-order valence-electron chi connectivity index (χ1n) is 10.4. The molecule has 0 saturated carbocycles. The van der Waals surface area contributed by atoms with Crippen LogP contribution in [0, 0.1) is 13.8 Å². The van der Waals surface area contributed by atoms with Crippen molar-refractivity contribution >= 4 is 34.5 Å². The Hall–Kier alpha value is -2.84. The van der Waals surface area contributed by atoms with E-state index in [9.17, 15) is 4.79 Å². The van der Waals surface area contributed by atoms with Gasteiger partial charge in [-0.25, -0.2) is 9.97 Å². The lowest BCUT2D eigenvalue weighted by atomic mass is 10.2. The molecule has 2 heterocycles. The molecule has 0 spiro atoms. The van der Waals surface area contributed by atoms with Crippen molar-refractivity contribution in [2.75, 3.05) is 17.7 Å². The highest BCUT2D eigenvalue weighted by molar-refractivity contribution is 7.99. The molecule has 3 aromatic rings. The van der Waals surface area contributed by atoms with Gasteiger partial charge in [0.15, 0.2) is 6.29 Å². The van der Waals surface area contributed by atoms with Crippen molar-refractivity contribution in [3.8, 4) is 5.75 Å². The molecule has 31 heavy (non-hydrogen) atoms. The third-order valence-corrected chi connectivity index (χ3v) is 6.24. The van der Waals surface area contributed by atoms with Crippen LogP contribution >= 0.6 is 11.8 Å². The minimum absolute atomic E-state index is 0.00160. The van der Waals surface area contributed by atoms with Crippen molar-refractivity contribution in [3.05, 3.63) is 53.7 Å². The highest BCUT2D eigenvalue weighted by Gasteiger charge is 2.26. The third-order valence-electron chi connectivity index (χ3n) is 5.07. The van der Waals surface area contributed by atoms with Gasteiger partial charge in [-0.15, -0.1) is 11.8 Å². The summed E-state index contributed by atoms with van der Waals surface area (Å²) in [5, 5.41) is 10.5. The molecule has 1 fully saturated rings. The Kier molecular flexibility index (Phi) is 6.58. The quantitative estimate of drug-likeness (QED) is 0.487. The number of amides is 1. The number of fused-ring (bicyclic) bond motifs is 1. The highest BCUT2D eigenvalue weighted by atomic mass is 32.2. The molecule has 4 rings (SSSR count). The summed E-state index contributed by atoms with van der Waals surface area (Å²) in [6, 6.07) is 14.3. The van der Waals surface area contributed by atoms with E-state index in [2.05, 4.69) is 57.1 Å². The number of rotatable bonds is 7. The molecule has 1 aliphatic rings. The fraction of sp³-hybridized carbons (Fsp3) is 0.348. The van der Waals surface area contributed by atoms with E-state index >= 15 is 0 Å². The lowest BCUT2D eigenvalue weighted by Crippen LogP contribution is -2.60. The van der Waals surface area contributed by atoms with Crippen LogP contribution in [0.3, 0.4) is 0 Å². The Labute approximate surface area is 186 Å². The summed E-state index contributed by atoms with van der Waals surface area (Å²) in [6.07, 6.45) is -0.00988. The number of carbonyl (C=O) groups is 1. The maximum Gasteiger partial charge on any atom is 0.226 e. The van der Waals surface area contributed by atoms with E-state index in [4.69, 9.17) is 4.74 Å². The number of nitrogens with one attached hydrogen (secondary N) is 3. The number of hydrogen-bond acceptors (Lipinski definition) is 7. The van der Waals surface area contributed by atoms with Crippen LogP contribution in [0.15, 0.2) is 47.4 Å². The average molecular weight is 438 g/mol. The van der Waals surface area contributed by atoms with Crippen molar-refractivity contribution in [1.82, 2.24) is 20.6 Å². The maximum absolute atomic E-state index is 12.3. The summed E-state index contributed by atoms with van der Waals surface area (Å²) in [7, 11) is 0. The zero-order chi connectivity index (χ0) is 21.8. The standard InChI is InChI=1S/C23H27N5O2S/c1-4-30-19-7-5-6-18-15(3)24-22(27-21(18)19)28-23-25-16(12-20(29)26-23)13-31-17-10-8-14(2)9-11-17/h5-11,16,23,25H,4,12-13H2,1-3H3,(H,26,29)(H,24,27,28). The average Bonchev–Trinajstić information content (AvgIpc) is 2.74. The van der Waals surface area contributed by atoms with E-state index in [1.807, 2.05) is 32.0 Å². The molecule has 8 heteroatoms. The van der Waals surface area contributed by atoms with Gasteiger partial charge in [-0.2, -0.15) is 0 Å². The summed E-state index contributed by atoms with van der Waals surface area (Å²) < 4.78 is 5.73. The van der Waals surface area contributed by atoms with Crippen LogP contribution in [0.2, 0.25) is 0 Å². The molecule has 2 aromatic carbocycles. The first-order chi connectivity index (χ1) is 15.0. The second-order valence-corrected chi connectivity index (χ2v) is 8.65. The van der Waals surface area contributed by atoms with Crippen molar-refractivity contribution in [1.29, 1.82) is 0 Å². The van der Waals surface area contributed by atoms with Gasteiger partial charge in [-0.1, -0.05) is 29.8 Å². The van der Waals surface area contributed by atoms with Gasteiger partial charge in [0, 0.05) is 28.5 Å². The van der Waals surface area contributed by atoms with Gasteiger partial charge in [-0.05, 0) is 39.0 Å². The van der Waals surface area contributed by atoms with Crippen LogP contribution < -0.4 is 20.7 Å². The van der Waals surface area contributed by atoms with E-state index in [0.717, 1.165) is 28.1 Å². The van der Waals surface area contributed by atoms with Crippen LogP contribution in [0.5, 0.6) is 5.75 Å². The summed E-state index contributed by atoms with van der Waals surface area (Å²) in [6.45, 7) is 6.53. The Morgan fingerprint density at radius 1 is 1.16 bits per heavy atom. The highest BCUT2D eigenvalue weighted by Crippen LogP contribution is 2.27. The number of thioether (sulfide) groups is 1. The SMILES string of the molecule is CCOc1cccc2c(C)nc(NC3NC(=O)CC(CSc4ccc(C)cc4)N3)nc12. The Balaban J connectivity index is 1.46. The Bertz CT molecular complexity index is 1070. The lowest BCUT2D eigenvalue weighted by molar-refractivity contribution is -0.123. The number of aromatic nitrogens is 2. The van der Waals surface area contributed by atoms with E-state index < -0.39 is 6.29 Å². The monoisotopic (exact) mass is 437 g/mol. The first-order valence-corrected chi connectivity index (χ1v) is 11.4. The second kappa shape index (κ2) is 9.53. The van der Waals surface area contributed by atoms with Gasteiger partial charge >= 0.3 is 0 Å². The lowest BCUT2D eigenvalue weighted by Gasteiger charge is -2.32. The van der Waals surface area contributed by atoms with Crippen LogP contribution in [0.25, 0.3) is 10.9 Å². The number of ether oxygens (including phenoxy) is 1. The van der Waals surface area contributed by atoms with E-state index in [1.54, 1.807) is 11.8 Å². The van der Waals surface area contributed by atoms with Crippen molar-refractivity contribution in [3.63, 3.8) is 0 Å². The van der Waals surface area contributed by atoms with Crippen molar-refractivity contribution in [2.24, 2.45) is 0 Å². The minimum Gasteiger partial charge on any atom is -0.492 e. The number of benzene rings is 2. The molecule has 0 radical (unpaired) electrons. The number of hydrogen-bond donors (Lipinski definition) is 3. The number of nitrogens with zero attached hydrogens (tertiary/aromatic N) is 2. The fourth-order valence-electron chi connectivity index (χ4n) is 3.54. The number of para-hydroxylation sites is 1. The first kappa shape index (κ1) is 21.4. The minimum atomic E-state index is -0.444. The number of anilines is 1. The molecule has 2 unspecified atom stereocenters. The van der Waals surface area contributed by atoms with Crippen molar-refractivity contribution < 1.29 is 9.53 Å². The number of carbonyl (C=O) groups excluding carboxylic acids is 1. The maximum atomic E-state index is 12.3. The second-order valence-electron chi connectivity index (χ2n) is 7.55. The topological polar surface area (TPSA) is 88.2 Å². The van der Waals surface area contributed by atoms with Gasteiger partial charge in [0.2, 0.25) is 11.9 Å². The number of aryl methyl sites for hydroxylation is 2. The van der Waals surface area contributed by atoms with Crippen LogP contribution in [0.1, 0.15) is 24.6 Å². The van der Waals surface area contributed by atoms with Crippen molar-refractivity contribution in [2.45, 2.75) is 44.4 Å². The van der Waals surface area contributed by atoms with E-state index in [0.29, 0.717) is 19.0 Å². The molecular formula is C23H27N5O2S. The summed E-state index contributed by atoms with van der Waals surface area (Å²) >= 11 is 1.74. The Morgan fingerprint density at radius 2 is 1.97 bits per heavy atom. The predicted molar refractivity (Wildman–Crippen MR) is 124 cm³/mol. The summed E-state index contributed by atoms with van der Waals surface area (Å²) in [5.74, 6) is 1.96. The van der Waals surface area contributed by atoms with E-state index in [1.165, 1.54) is 10.5 Å².